The molecule has 0 fully saturated rings. The minimum Gasteiger partial charge on any atom is -0.481 e. The van der Waals surface area contributed by atoms with E-state index < -0.39 is 30.2 Å². The van der Waals surface area contributed by atoms with Gasteiger partial charge in [0.05, 0.1) is 19.0 Å². The van der Waals surface area contributed by atoms with Crippen LogP contribution < -0.4 is 11.5 Å². The Labute approximate surface area is 93.4 Å². The minimum atomic E-state index is -1.16. The predicted molar refractivity (Wildman–Crippen MR) is 56.3 cm³/mol. The summed E-state index contributed by atoms with van der Waals surface area (Å²) < 4.78 is 0. The van der Waals surface area contributed by atoms with Crippen LogP contribution in [-0.4, -0.2) is 46.4 Å². The minimum absolute atomic E-state index is 0.260. The van der Waals surface area contributed by atoms with E-state index in [2.05, 4.69) is 0 Å². The fourth-order valence-corrected chi connectivity index (χ4v) is 1.17. The summed E-state index contributed by atoms with van der Waals surface area (Å²) >= 11 is 0. The largest absolute Gasteiger partial charge is 0.481 e. The highest BCUT2D eigenvalue weighted by molar-refractivity contribution is 5.89. The second-order valence-corrected chi connectivity index (χ2v) is 3.73. The first-order valence-corrected chi connectivity index (χ1v) is 4.81. The molecule has 5 N–H and O–H groups in total. The zero-order valence-electron chi connectivity index (χ0n) is 9.34. The molecule has 16 heavy (non-hydrogen) atoms. The number of rotatable bonds is 6. The van der Waals surface area contributed by atoms with E-state index >= 15 is 0 Å². The van der Waals surface area contributed by atoms with Gasteiger partial charge < -0.3 is 21.5 Å². The van der Waals surface area contributed by atoms with Crippen LogP contribution in [0.3, 0.4) is 0 Å². The van der Waals surface area contributed by atoms with Crippen molar-refractivity contribution in [3.8, 4) is 0 Å². The SMILES string of the molecule is CC(C)N(CC(N)=O)C(=O)C(N)CC(=O)O. The van der Waals surface area contributed by atoms with Gasteiger partial charge in [0.1, 0.15) is 0 Å². The number of primary amides is 1. The molecule has 1 unspecified atom stereocenters. The molecule has 0 spiro atoms. The molecule has 0 aromatic rings. The number of amides is 2. The standard InChI is InChI=1S/C9H17N3O4/c1-5(2)12(4-7(11)13)9(16)6(10)3-8(14)15/h5-6H,3-4,10H2,1-2H3,(H2,11,13)(H,14,15). The van der Waals surface area contributed by atoms with E-state index in [-0.39, 0.29) is 12.6 Å². The Kier molecular flexibility index (Phi) is 5.44. The predicted octanol–water partition coefficient (Wildman–Crippen LogP) is -1.49. The van der Waals surface area contributed by atoms with Gasteiger partial charge in [-0.15, -0.1) is 0 Å². The highest BCUT2D eigenvalue weighted by Gasteiger charge is 2.25. The zero-order chi connectivity index (χ0) is 12.9. The molecule has 7 nitrogen and oxygen atoms in total. The maximum absolute atomic E-state index is 11.7. The number of nitrogens with two attached hydrogens (primary N) is 2. The monoisotopic (exact) mass is 231 g/mol. The normalized spacial score (nSPS) is 12.2. The average molecular weight is 231 g/mol. The summed E-state index contributed by atoms with van der Waals surface area (Å²) in [6.45, 7) is 3.12. The highest BCUT2D eigenvalue weighted by Crippen LogP contribution is 2.03. The van der Waals surface area contributed by atoms with Crippen LogP contribution in [0, 0.1) is 0 Å². The van der Waals surface area contributed by atoms with Crippen LogP contribution in [0.1, 0.15) is 20.3 Å². The van der Waals surface area contributed by atoms with Crippen LogP contribution in [0.2, 0.25) is 0 Å². The summed E-state index contributed by atoms with van der Waals surface area (Å²) in [7, 11) is 0. The summed E-state index contributed by atoms with van der Waals surface area (Å²) in [5.41, 5.74) is 10.4. The molecule has 0 aromatic heterocycles. The molecule has 0 bridgehead atoms. The summed E-state index contributed by atoms with van der Waals surface area (Å²) in [6.07, 6.45) is -0.471. The number of hydrogen-bond acceptors (Lipinski definition) is 4. The summed E-state index contributed by atoms with van der Waals surface area (Å²) in [6, 6.07) is -1.42. The molecule has 0 rings (SSSR count). The van der Waals surface area contributed by atoms with Crippen molar-refractivity contribution in [2.75, 3.05) is 6.54 Å². The van der Waals surface area contributed by atoms with Gasteiger partial charge in [-0.1, -0.05) is 0 Å². The third-order valence-electron chi connectivity index (χ3n) is 1.94. The van der Waals surface area contributed by atoms with Crippen LogP contribution in [-0.2, 0) is 14.4 Å². The first-order valence-electron chi connectivity index (χ1n) is 4.81. The number of nitrogens with zero attached hydrogens (tertiary/aromatic N) is 1. The van der Waals surface area contributed by atoms with Crippen LogP contribution in [0.4, 0.5) is 0 Å². The van der Waals surface area contributed by atoms with E-state index in [4.69, 9.17) is 16.6 Å². The Hall–Kier alpha value is -1.63. The molecule has 0 radical (unpaired) electrons. The number of carboxylic acids is 1. The first-order chi connectivity index (χ1) is 7.25. The molecule has 7 heteroatoms. The van der Waals surface area contributed by atoms with Crippen molar-refractivity contribution in [3.63, 3.8) is 0 Å². The molecule has 0 aliphatic heterocycles. The second kappa shape index (κ2) is 6.06. The Bertz CT molecular complexity index is 290. The van der Waals surface area contributed by atoms with E-state index in [1.807, 2.05) is 0 Å². The van der Waals surface area contributed by atoms with E-state index in [0.29, 0.717) is 0 Å². The van der Waals surface area contributed by atoms with Gasteiger partial charge in [0.15, 0.2) is 0 Å². The van der Waals surface area contributed by atoms with Crippen molar-refractivity contribution >= 4 is 17.8 Å². The molecule has 0 saturated heterocycles. The van der Waals surface area contributed by atoms with E-state index in [9.17, 15) is 14.4 Å². The summed E-state index contributed by atoms with van der Waals surface area (Å²) in [5.74, 6) is -2.41. The van der Waals surface area contributed by atoms with Crippen LogP contribution in [0.15, 0.2) is 0 Å². The first kappa shape index (κ1) is 14.4. The van der Waals surface area contributed by atoms with Gasteiger partial charge in [-0.25, -0.2) is 0 Å². The lowest BCUT2D eigenvalue weighted by atomic mass is 10.1. The van der Waals surface area contributed by atoms with Gasteiger partial charge in [0.25, 0.3) is 0 Å². The lowest BCUT2D eigenvalue weighted by Gasteiger charge is -2.27. The number of carbonyl (C=O) groups excluding carboxylic acids is 2. The summed E-state index contributed by atoms with van der Waals surface area (Å²) in [4.78, 5) is 34.0. The van der Waals surface area contributed by atoms with Crippen molar-refractivity contribution in [2.45, 2.75) is 32.4 Å². The van der Waals surface area contributed by atoms with Crippen LogP contribution in [0.25, 0.3) is 0 Å². The Morgan fingerprint density at radius 3 is 2.12 bits per heavy atom. The topological polar surface area (TPSA) is 127 Å². The Balaban J connectivity index is 4.60. The van der Waals surface area contributed by atoms with Crippen LogP contribution in [0.5, 0.6) is 0 Å². The van der Waals surface area contributed by atoms with Gasteiger partial charge in [-0.2, -0.15) is 0 Å². The van der Waals surface area contributed by atoms with Crippen molar-refractivity contribution < 1.29 is 19.5 Å². The molecule has 0 aromatic carbocycles. The van der Waals surface area contributed by atoms with E-state index in [1.54, 1.807) is 13.8 Å². The highest BCUT2D eigenvalue weighted by atomic mass is 16.4. The summed E-state index contributed by atoms with van der Waals surface area (Å²) in [5, 5.41) is 8.49. The van der Waals surface area contributed by atoms with E-state index in [1.165, 1.54) is 0 Å². The average Bonchev–Trinajstić information content (AvgIpc) is 2.11. The molecule has 0 aliphatic carbocycles. The molecular weight excluding hydrogens is 214 g/mol. The smallest absolute Gasteiger partial charge is 0.305 e. The number of carbonyl (C=O) groups is 3. The van der Waals surface area contributed by atoms with Crippen molar-refractivity contribution in [1.82, 2.24) is 4.90 Å². The van der Waals surface area contributed by atoms with Gasteiger partial charge in [0, 0.05) is 6.04 Å². The van der Waals surface area contributed by atoms with Crippen molar-refractivity contribution in [1.29, 1.82) is 0 Å². The lowest BCUT2D eigenvalue weighted by Crippen LogP contribution is -2.50. The number of hydrogen-bond donors (Lipinski definition) is 3. The maximum atomic E-state index is 11.7. The fraction of sp³-hybridized carbons (Fsp3) is 0.667. The van der Waals surface area contributed by atoms with Gasteiger partial charge in [-0.05, 0) is 13.8 Å². The Morgan fingerprint density at radius 2 is 1.81 bits per heavy atom. The molecule has 92 valence electrons. The van der Waals surface area contributed by atoms with Crippen molar-refractivity contribution in [3.05, 3.63) is 0 Å². The molecule has 1 atom stereocenters. The van der Waals surface area contributed by atoms with Crippen molar-refractivity contribution in [2.24, 2.45) is 11.5 Å². The number of aliphatic carboxylic acids is 1. The molecular formula is C9H17N3O4. The lowest BCUT2D eigenvalue weighted by molar-refractivity contribution is -0.143. The molecule has 0 saturated carbocycles. The second-order valence-electron chi connectivity index (χ2n) is 3.73. The quantitative estimate of drug-likeness (QED) is 0.513. The molecule has 0 aliphatic rings. The van der Waals surface area contributed by atoms with Gasteiger partial charge in [-0.3, -0.25) is 14.4 Å². The third-order valence-corrected chi connectivity index (χ3v) is 1.94. The van der Waals surface area contributed by atoms with Gasteiger partial charge in [0.2, 0.25) is 11.8 Å². The maximum Gasteiger partial charge on any atom is 0.305 e. The molecule has 2 amide bonds. The zero-order valence-corrected chi connectivity index (χ0v) is 9.34. The molecule has 0 heterocycles. The Morgan fingerprint density at radius 1 is 1.31 bits per heavy atom. The van der Waals surface area contributed by atoms with Crippen LogP contribution >= 0.6 is 0 Å². The number of carboxylic acid groups (broad SMARTS) is 1. The van der Waals surface area contributed by atoms with E-state index in [0.717, 1.165) is 4.90 Å². The third kappa shape index (κ3) is 4.74. The fourth-order valence-electron chi connectivity index (χ4n) is 1.17. The van der Waals surface area contributed by atoms with Gasteiger partial charge >= 0.3 is 5.97 Å².